The molecule has 20 heavy (non-hydrogen) atoms. The summed E-state index contributed by atoms with van der Waals surface area (Å²) in [6.45, 7) is 0.222. The molecule has 0 spiro atoms. The lowest BCUT2D eigenvalue weighted by atomic mass is 9.93. The van der Waals surface area contributed by atoms with Crippen molar-refractivity contribution in [2.75, 3.05) is 13.1 Å². The highest BCUT2D eigenvalue weighted by molar-refractivity contribution is 5.15. The third kappa shape index (κ3) is 3.32. The highest BCUT2D eigenvalue weighted by Crippen LogP contribution is 2.24. The lowest BCUT2D eigenvalue weighted by Gasteiger charge is -2.43. The summed E-state index contributed by atoms with van der Waals surface area (Å²) in [5.74, 6) is 0. The van der Waals surface area contributed by atoms with Gasteiger partial charge in [0, 0.05) is 13.1 Å². The second-order valence-corrected chi connectivity index (χ2v) is 5.10. The number of likely N-dealkylation sites (tertiary alicyclic amines) is 1. The summed E-state index contributed by atoms with van der Waals surface area (Å²) < 4.78 is 26.1. The minimum absolute atomic E-state index is 0.0694. The van der Waals surface area contributed by atoms with Gasteiger partial charge in [0.2, 0.25) is 0 Å². The van der Waals surface area contributed by atoms with Crippen molar-refractivity contribution < 1.29 is 24.1 Å². The zero-order valence-electron chi connectivity index (χ0n) is 10.9. The normalized spacial score (nSPS) is 31.7. The number of nitrogens with zero attached hydrogens (tertiary/aromatic N) is 1. The lowest BCUT2D eigenvalue weighted by Crippen LogP contribution is -2.63. The quantitative estimate of drug-likeness (QED) is 0.743. The van der Waals surface area contributed by atoms with Gasteiger partial charge in [0.15, 0.2) is 0 Å². The Morgan fingerprint density at radius 1 is 1.10 bits per heavy atom. The van der Waals surface area contributed by atoms with E-state index >= 15 is 0 Å². The number of aliphatic hydroxyl groups is 3. The van der Waals surface area contributed by atoms with E-state index in [1.165, 1.54) is 4.90 Å². The highest BCUT2D eigenvalue weighted by atomic mass is 19.3. The Morgan fingerprint density at radius 3 is 2.35 bits per heavy atom. The van der Waals surface area contributed by atoms with Crippen molar-refractivity contribution >= 4 is 0 Å². The number of hydrogen-bond acceptors (Lipinski definition) is 4. The molecule has 0 bridgehead atoms. The molecule has 1 fully saturated rings. The summed E-state index contributed by atoms with van der Waals surface area (Å²) in [7, 11) is 0. The largest absolute Gasteiger partial charge is 0.389 e. The number of aliphatic hydroxyl groups excluding tert-OH is 3. The number of benzene rings is 1. The van der Waals surface area contributed by atoms with Gasteiger partial charge in [0.25, 0.3) is 6.43 Å². The van der Waals surface area contributed by atoms with Crippen LogP contribution in [0.5, 0.6) is 0 Å². The Morgan fingerprint density at radius 2 is 1.75 bits per heavy atom. The van der Waals surface area contributed by atoms with Gasteiger partial charge in [-0.1, -0.05) is 30.3 Å². The minimum atomic E-state index is -2.78. The van der Waals surface area contributed by atoms with Crippen LogP contribution in [0.15, 0.2) is 30.3 Å². The molecule has 0 aliphatic carbocycles. The molecule has 0 unspecified atom stereocenters. The molecule has 112 valence electrons. The predicted molar refractivity (Wildman–Crippen MR) is 69.5 cm³/mol. The molecule has 4 atom stereocenters. The molecule has 2 rings (SSSR count). The Hall–Kier alpha value is -1.08. The van der Waals surface area contributed by atoms with E-state index in [0.29, 0.717) is 13.0 Å². The molecule has 0 aromatic heterocycles. The average Bonchev–Trinajstić information content (AvgIpc) is 2.43. The molecule has 1 aliphatic rings. The van der Waals surface area contributed by atoms with Gasteiger partial charge in [-0.2, -0.15) is 0 Å². The third-order valence-electron chi connectivity index (χ3n) is 3.73. The Kier molecular flexibility index (Phi) is 5.04. The summed E-state index contributed by atoms with van der Waals surface area (Å²) in [6.07, 6.45) is -6.62. The van der Waals surface area contributed by atoms with Crippen molar-refractivity contribution in [1.29, 1.82) is 0 Å². The van der Waals surface area contributed by atoms with E-state index in [1.807, 2.05) is 30.3 Å². The zero-order valence-corrected chi connectivity index (χ0v) is 10.9. The number of rotatable bonds is 4. The molecule has 4 nitrogen and oxygen atoms in total. The second kappa shape index (κ2) is 6.58. The Balaban J connectivity index is 2.04. The molecule has 0 radical (unpaired) electrons. The van der Waals surface area contributed by atoms with Crippen molar-refractivity contribution in [1.82, 2.24) is 4.90 Å². The van der Waals surface area contributed by atoms with Crippen molar-refractivity contribution in [3.63, 3.8) is 0 Å². The maximum atomic E-state index is 13.1. The van der Waals surface area contributed by atoms with Crippen molar-refractivity contribution in [2.45, 2.75) is 37.2 Å². The standard InChI is InChI=1S/C14H19F2NO3/c15-14(16)11-13(20)12(19)10(18)8-17(11)7-6-9-4-2-1-3-5-9/h1-5,10-14,18-20H,6-8H2/t10-,11-,12+,13+/m0/s1. The zero-order chi connectivity index (χ0) is 14.7. The number of β-amino-alcohol motifs (C(OH)–C–C–N with tert-alkyl or cyclic N) is 1. The minimum Gasteiger partial charge on any atom is -0.389 e. The van der Waals surface area contributed by atoms with E-state index in [4.69, 9.17) is 0 Å². The molecule has 1 aromatic rings. The molecule has 0 saturated carbocycles. The first-order chi connectivity index (χ1) is 9.50. The van der Waals surface area contributed by atoms with Crippen LogP contribution in [-0.4, -0.2) is 64.1 Å². The molecule has 6 heteroatoms. The SMILES string of the molecule is O[C@H]1[C@H](O)[C@@H](O)CN(CCc2ccccc2)[C@@H]1C(F)F. The van der Waals surface area contributed by atoms with Crippen LogP contribution in [0.3, 0.4) is 0 Å². The van der Waals surface area contributed by atoms with Crippen LogP contribution in [0, 0.1) is 0 Å². The molecule has 3 N–H and O–H groups in total. The first-order valence-corrected chi connectivity index (χ1v) is 6.61. The number of halogens is 2. The predicted octanol–water partition coefficient (Wildman–Crippen LogP) is 0.261. The van der Waals surface area contributed by atoms with Crippen molar-refractivity contribution in [3.05, 3.63) is 35.9 Å². The molecule has 1 saturated heterocycles. The van der Waals surface area contributed by atoms with Crippen LogP contribution in [0.1, 0.15) is 5.56 Å². The van der Waals surface area contributed by atoms with Crippen molar-refractivity contribution in [3.8, 4) is 0 Å². The van der Waals surface area contributed by atoms with E-state index in [9.17, 15) is 24.1 Å². The van der Waals surface area contributed by atoms with Crippen LogP contribution in [0.4, 0.5) is 8.78 Å². The smallest absolute Gasteiger partial charge is 0.256 e. The van der Waals surface area contributed by atoms with Gasteiger partial charge in [0.05, 0.1) is 12.1 Å². The van der Waals surface area contributed by atoms with E-state index in [-0.39, 0.29) is 6.54 Å². The summed E-state index contributed by atoms with van der Waals surface area (Å²) in [5, 5.41) is 28.8. The van der Waals surface area contributed by atoms with Crippen LogP contribution < -0.4 is 0 Å². The fourth-order valence-electron chi connectivity index (χ4n) is 2.58. The molecule has 1 heterocycles. The maximum absolute atomic E-state index is 13.1. The number of alkyl halides is 2. The van der Waals surface area contributed by atoms with Crippen molar-refractivity contribution in [2.24, 2.45) is 0 Å². The molecular weight excluding hydrogens is 268 g/mol. The van der Waals surface area contributed by atoms with E-state index in [2.05, 4.69) is 0 Å². The first-order valence-electron chi connectivity index (χ1n) is 6.61. The molecule has 1 aromatic carbocycles. The van der Waals surface area contributed by atoms with Gasteiger partial charge in [0.1, 0.15) is 12.2 Å². The summed E-state index contributed by atoms with van der Waals surface area (Å²) in [5.41, 5.74) is 0.996. The van der Waals surface area contributed by atoms with Gasteiger partial charge in [-0.15, -0.1) is 0 Å². The number of hydrogen-bond donors (Lipinski definition) is 3. The van der Waals surface area contributed by atoms with Crippen LogP contribution in [0.2, 0.25) is 0 Å². The second-order valence-electron chi connectivity index (χ2n) is 5.10. The summed E-state index contributed by atoms with van der Waals surface area (Å²) >= 11 is 0. The Bertz CT molecular complexity index is 418. The number of piperidine rings is 1. The lowest BCUT2D eigenvalue weighted by molar-refractivity contribution is -0.165. The van der Waals surface area contributed by atoms with Gasteiger partial charge in [-0.25, -0.2) is 8.78 Å². The Labute approximate surface area is 116 Å². The van der Waals surface area contributed by atoms with E-state index in [0.717, 1.165) is 5.56 Å². The van der Waals surface area contributed by atoms with Gasteiger partial charge < -0.3 is 15.3 Å². The topological polar surface area (TPSA) is 63.9 Å². The monoisotopic (exact) mass is 287 g/mol. The maximum Gasteiger partial charge on any atom is 0.256 e. The summed E-state index contributed by atoms with van der Waals surface area (Å²) in [4.78, 5) is 1.35. The first kappa shape index (κ1) is 15.3. The fraction of sp³-hybridized carbons (Fsp3) is 0.571. The molecular formula is C14H19F2NO3. The summed E-state index contributed by atoms with van der Waals surface area (Å²) in [6, 6.07) is 7.94. The van der Waals surface area contributed by atoms with E-state index < -0.39 is 30.8 Å². The molecule has 0 amide bonds. The van der Waals surface area contributed by atoms with Gasteiger partial charge >= 0.3 is 0 Å². The third-order valence-corrected chi connectivity index (χ3v) is 3.73. The van der Waals surface area contributed by atoms with Gasteiger partial charge in [-0.3, -0.25) is 4.90 Å². The van der Waals surface area contributed by atoms with Crippen LogP contribution >= 0.6 is 0 Å². The fourth-order valence-corrected chi connectivity index (χ4v) is 2.58. The molecule has 1 aliphatic heterocycles. The highest BCUT2D eigenvalue weighted by Gasteiger charge is 2.45. The van der Waals surface area contributed by atoms with Crippen LogP contribution in [-0.2, 0) is 6.42 Å². The van der Waals surface area contributed by atoms with Gasteiger partial charge in [-0.05, 0) is 12.0 Å². The van der Waals surface area contributed by atoms with E-state index in [1.54, 1.807) is 0 Å². The van der Waals surface area contributed by atoms with Crippen LogP contribution in [0.25, 0.3) is 0 Å². The average molecular weight is 287 g/mol.